The second-order valence-corrected chi connectivity index (χ2v) is 6.60. The van der Waals surface area contributed by atoms with Crippen molar-refractivity contribution in [1.29, 1.82) is 0 Å². The zero-order valence-corrected chi connectivity index (χ0v) is 16.0. The number of fused-ring (bicyclic) bond motifs is 3. The number of methoxy groups -OCH3 is 1. The van der Waals surface area contributed by atoms with Crippen molar-refractivity contribution in [1.82, 2.24) is 10.2 Å². The summed E-state index contributed by atoms with van der Waals surface area (Å²) in [5.74, 6) is 2.44. The van der Waals surface area contributed by atoms with Crippen LogP contribution in [0.25, 0.3) is 11.3 Å². The highest BCUT2D eigenvalue weighted by atomic mass is 16.5. The first-order valence-electron chi connectivity index (χ1n) is 9.40. The molecule has 2 aliphatic rings. The van der Waals surface area contributed by atoms with Gasteiger partial charge in [0, 0.05) is 36.8 Å². The summed E-state index contributed by atoms with van der Waals surface area (Å²) in [4.78, 5) is 0. The van der Waals surface area contributed by atoms with Crippen molar-refractivity contribution in [3.05, 3.63) is 47.2 Å². The van der Waals surface area contributed by atoms with Crippen LogP contribution in [0, 0.1) is 0 Å². The summed E-state index contributed by atoms with van der Waals surface area (Å²) < 4.78 is 17.0. The fourth-order valence-corrected chi connectivity index (χ4v) is 3.63. The molecule has 0 bridgehead atoms. The molecule has 0 fully saturated rings. The van der Waals surface area contributed by atoms with Gasteiger partial charge in [-0.15, -0.1) is 0 Å². The Kier molecular flexibility index (Phi) is 4.90. The predicted molar refractivity (Wildman–Crippen MR) is 105 cm³/mol. The number of aromatic nitrogens is 2. The third-order valence-corrected chi connectivity index (χ3v) is 4.90. The second kappa shape index (κ2) is 7.48. The number of ether oxygens (including phenoxy) is 3. The topological polar surface area (TPSA) is 68.4 Å². The van der Waals surface area contributed by atoms with Gasteiger partial charge < -0.3 is 19.5 Å². The molecule has 1 heterocycles. The molecule has 4 rings (SSSR count). The van der Waals surface area contributed by atoms with Crippen LogP contribution in [-0.2, 0) is 11.2 Å². The number of hydrogen-bond acceptors (Lipinski definition) is 5. The smallest absolute Gasteiger partial charge is 0.161 e. The van der Waals surface area contributed by atoms with Gasteiger partial charge in [0.05, 0.1) is 25.0 Å². The molecule has 2 N–H and O–H groups in total. The zero-order chi connectivity index (χ0) is 18.8. The Morgan fingerprint density at radius 3 is 2.70 bits per heavy atom. The number of anilines is 1. The number of hydrogen-bond donors (Lipinski definition) is 2. The lowest BCUT2D eigenvalue weighted by Gasteiger charge is -2.18. The van der Waals surface area contributed by atoms with Gasteiger partial charge in [0.2, 0.25) is 0 Å². The number of rotatable bonds is 7. The SMILES string of the molecule is CCOc1cc2c(cc1OCC)-c1[nH]nc(NC3=CC=CC(OC)C3)c1C2. The molecule has 0 aliphatic heterocycles. The van der Waals surface area contributed by atoms with Gasteiger partial charge in [0.1, 0.15) is 0 Å². The minimum atomic E-state index is 0.101. The van der Waals surface area contributed by atoms with Crippen molar-refractivity contribution in [2.45, 2.75) is 32.8 Å². The summed E-state index contributed by atoms with van der Waals surface area (Å²) in [6, 6.07) is 4.15. The molecule has 1 atom stereocenters. The quantitative estimate of drug-likeness (QED) is 0.659. The summed E-state index contributed by atoms with van der Waals surface area (Å²) in [5, 5.41) is 11.2. The second-order valence-electron chi connectivity index (χ2n) is 6.60. The molecule has 0 spiro atoms. The summed E-state index contributed by atoms with van der Waals surface area (Å²) in [6.07, 6.45) is 7.87. The van der Waals surface area contributed by atoms with Gasteiger partial charge >= 0.3 is 0 Å². The Hall–Kier alpha value is -2.73. The zero-order valence-electron chi connectivity index (χ0n) is 16.0. The van der Waals surface area contributed by atoms with Crippen molar-refractivity contribution >= 4 is 5.82 Å². The molecule has 0 radical (unpaired) electrons. The Morgan fingerprint density at radius 1 is 1.19 bits per heavy atom. The molecule has 1 aromatic heterocycles. The van der Waals surface area contributed by atoms with Crippen LogP contribution in [0.1, 0.15) is 31.4 Å². The first-order chi connectivity index (χ1) is 13.2. The number of nitrogens with zero attached hydrogens (tertiary/aromatic N) is 1. The predicted octanol–water partition coefficient (Wildman–Crippen LogP) is 4.05. The number of H-pyrrole nitrogens is 1. The van der Waals surface area contributed by atoms with Crippen LogP contribution >= 0.6 is 0 Å². The van der Waals surface area contributed by atoms with E-state index in [9.17, 15) is 0 Å². The molecule has 1 unspecified atom stereocenters. The molecule has 0 amide bonds. The molecule has 2 aliphatic carbocycles. The highest BCUT2D eigenvalue weighted by molar-refractivity contribution is 5.80. The summed E-state index contributed by atoms with van der Waals surface area (Å²) in [7, 11) is 1.73. The molecular weight excluding hydrogens is 342 g/mol. The molecule has 27 heavy (non-hydrogen) atoms. The van der Waals surface area contributed by atoms with Gasteiger partial charge in [0.25, 0.3) is 0 Å². The molecule has 0 saturated heterocycles. The molecule has 6 heteroatoms. The van der Waals surface area contributed by atoms with E-state index in [0.717, 1.165) is 47.1 Å². The summed E-state index contributed by atoms with van der Waals surface area (Å²) in [6.45, 7) is 5.17. The maximum absolute atomic E-state index is 5.78. The van der Waals surface area contributed by atoms with Crippen LogP contribution in [0.3, 0.4) is 0 Å². The monoisotopic (exact) mass is 367 g/mol. The number of allylic oxidation sites excluding steroid dienone is 2. The lowest BCUT2D eigenvalue weighted by molar-refractivity contribution is 0.140. The average molecular weight is 367 g/mol. The fourth-order valence-electron chi connectivity index (χ4n) is 3.63. The molecule has 2 aromatic rings. The van der Waals surface area contributed by atoms with E-state index in [1.807, 2.05) is 19.9 Å². The molecular formula is C21H25N3O3. The van der Waals surface area contributed by atoms with Gasteiger partial charge in [-0.25, -0.2) is 0 Å². The van der Waals surface area contributed by atoms with Gasteiger partial charge in [-0.1, -0.05) is 12.2 Å². The molecule has 0 saturated carbocycles. The van der Waals surface area contributed by atoms with Crippen LogP contribution < -0.4 is 14.8 Å². The minimum Gasteiger partial charge on any atom is -0.490 e. The largest absolute Gasteiger partial charge is 0.490 e. The minimum absolute atomic E-state index is 0.101. The third kappa shape index (κ3) is 3.32. The van der Waals surface area contributed by atoms with Gasteiger partial charge in [-0.3, -0.25) is 5.10 Å². The van der Waals surface area contributed by atoms with Gasteiger partial charge in [-0.2, -0.15) is 5.10 Å². The highest BCUT2D eigenvalue weighted by Crippen LogP contribution is 2.44. The number of aromatic amines is 1. The molecule has 1 aromatic carbocycles. The van der Waals surface area contributed by atoms with Crippen molar-refractivity contribution in [2.24, 2.45) is 0 Å². The number of benzene rings is 1. The highest BCUT2D eigenvalue weighted by Gasteiger charge is 2.27. The number of nitrogens with one attached hydrogen (secondary N) is 2. The Balaban J connectivity index is 1.62. The first-order valence-corrected chi connectivity index (χ1v) is 9.40. The van der Waals surface area contributed by atoms with Gasteiger partial charge in [0.15, 0.2) is 17.3 Å². The Bertz CT molecular complexity index is 898. The van der Waals surface area contributed by atoms with Crippen LogP contribution in [0.5, 0.6) is 11.5 Å². The van der Waals surface area contributed by atoms with E-state index in [2.05, 4.69) is 39.8 Å². The summed E-state index contributed by atoms with van der Waals surface area (Å²) in [5.41, 5.74) is 5.67. The van der Waals surface area contributed by atoms with Crippen LogP contribution in [0.2, 0.25) is 0 Å². The van der Waals surface area contributed by atoms with E-state index >= 15 is 0 Å². The fraction of sp³-hybridized carbons (Fsp3) is 0.381. The third-order valence-electron chi connectivity index (χ3n) is 4.90. The van der Waals surface area contributed by atoms with Crippen LogP contribution in [0.4, 0.5) is 5.82 Å². The van der Waals surface area contributed by atoms with E-state index in [-0.39, 0.29) is 6.10 Å². The molecule has 6 nitrogen and oxygen atoms in total. The summed E-state index contributed by atoms with van der Waals surface area (Å²) >= 11 is 0. The van der Waals surface area contributed by atoms with E-state index in [0.29, 0.717) is 13.2 Å². The normalized spacial score (nSPS) is 17.3. The molecule has 142 valence electrons. The first kappa shape index (κ1) is 17.7. The lowest BCUT2D eigenvalue weighted by Crippen LogP contribution is -2.15. The maximum atomic E-state index is 5.78. The van der Waals surface area contributed by atoms with Crippen LogP contribution in [0.15, 0.2) is 36.1 Å². The Labute approximate surface area is 159 Å². The maximum Gasteiger partial charge on any atom is 0.161 e. The van der Waals surface area contributed by atoms with E-state index in [1.165, 1.54) is 11.1 Å². The van der Waals surface area contributed by atoms with Crippen molar-refractivity contribution < 1.29 is 14.2 Å². The van der Waals surface area contributed by atoms with Crippen molar-refractivity contribution in [3.8, 4) is 22.8 Å². The average Bonchev–Trinajstić information content (AvgIpc) is 3.22. The van der Waals surface area contributed by atoms with Crippen molar-refractivity contribution in [2.75, 3.05) is 25.6 Å². The van der Waals surface area contributed by atoms with Crippen LogP contribution in [-0.4, -0.2) is 36.6 Å². The standard InChI is InChI=1S/C21H25N3O3/c1-4-26-18-10-13-9-17-20(16(13)12-19(18)27-5-2)23-24-21(17)22-14-7-6-8-15(11-14)25-3/h6-8,10,12,15H,4-5,9,11H2,1-3H3,(H2,22,23,24). The van der Waals surface area contributed by atoms with Gasteiger partial charge in [-0.05, 0) is 37.6 Å². The van der Waals surface area contributed by atoms with E-state index < -0.39 is 0 Å². The Morgan fingerprint density at radius 2 is 1.96 bits per heavy atom. The lowest BCUT2D eigenvalue weighted by atomic mass is 10.1. The van der Waals surface area contributed by atoms with E-state index in [4.69, 9.17) is 14.2 Å². The van der Waals surface area contributed by atoms with Crippen molar-refractivity contribution in [3.63, 3.8) is 0 Å². The van der Waals surface area contributed by atoms with E-state index in [1.54, 1.807) is 7.11 Å².